The third-order valence-electron chi connectivity index (χ3n) is 1.65. The van der Waals surface area contributed by atoms with Gasteiger partial charge in [0.25, 0.3) is 0 Å². The average molecular weight is 195 g/mol. The highest BCUT2D eigenvalue weighted by atomic mass is 32.1. The fourth-order valence-corrected chi connectivity index (χ4v) is 1.72. The average Bonchev–Trinajstić information content (AvgIpc) is 2.71. The number of nitrogens with one attached hydrogen (secondary N) is 1. The molecule has 2 aromatic rings. The van der Waals surface area contributed by atoms with Crippen LogP contribution in [-0.4, -0.2) is 26.8 Å². The van der Waals surface area contributed by atoms with Gasteiger partial charge in [0.05, 0.1) is 0 Å². The topological polar surface area (TPSA) is 55.6 Å². The van der Waals surface area contributed by atoms with Gasteiger partial charge in [-0.05, 0) is 0 Å². The molecular weight excluding hydrogens is 186 g/mol. The fraction of sp³-hybridized carbons (Fsp3) is 0.286. The van der Waals surface area contributed by atoms with Crippen LogP contribution in [0.15, 0.2) is 12.4 Å². The van der Waals surface area contributed by atoms with E-state index in [1.165, 1.54) is 11.3 Å². The molecule has 6 heteroatoms. The number of nitrogens with zero attached hydrogens (tertiary/aromatic N) is 4. The zero-order valence-corrected chi connectivity index (χ0v) is 8.17. The maximum Gasteiger partial charge on any atom is 0.205 e. The fourth-order valence-electron chi connectivity index (χ4n) is 0.986. The Balaban J connectivity index is 2.41. The van der Waals surface area contributed by atoms with Crippen LogP contribution in [0.25, 0.3) is 10.8 Å². The minimum Gasteiger partial charge on any atom is -0.363 e. The Morgan fingerprint density at radius 2 is 2.31 bits per heavy atom. The predicted octanol–water partition coefficient (Wildman–Crippen LogP) is 0.980. The van der Waals surface area contributed by atoms with Crippen molar-refractivity contribution in [3.63, 3.8) is 0 Å². The number of aromatic nitrogens is 4. The summed E-state index contributed by atoms with van der Waals surface area (Å²) in [5.74, 6) is 0.846. The summed E-state index contributed by atoms with van der Waals surface area (Å²) in [7, 11) is 3.76. The van der Waals surface area contributed by atoms with E-state index in [0.29, 0.717) is 0 Å². The van der Waals surface area contributed by atoms with Crippen molar-refractivity contribution in [1.82, 2.24) is 19.7 Å². The summed E-state index contributed by atoms with van der Waals surface area (Å²) in [6.07, 6.45) is 3.63. The van der Waals surface area contributed by atoms with E-state index in [1.54, 1.807) is 6.20 Å². The highest BCUT2D eigenvalue weighted by Crippen LogP contribution is 2.23. The van der Waals surface area contributed by atoms with Crippen molar-refractivity contribution in [2.75, 3.05) is 12.4 Å². The summed E-state index contributed by atoms with van der Waals surface area (Å²) >= 11 is 1.49. The Hall–Kier alpha value is -1.43. The standard InChI is InChI=1S/C7H9N5S/c1-8-7-11-10-6(13-7)5-9-3-4-12(5)2/h3-4H,1-2H3,(H,8,11). The van der Waals surface area contributed by atoms with Crippen LogP contribution in [0.2, 0.25) is 0 Å². The van der Waals surface area contributed by atoms with Crippen molar-refractivity contribution in [2.24, 2.45) is 7.05 Å². The van der Waals surface area contributed by atoms with Crippen LogP contribution in [0.3, 0.4) is 0 Å². The van der Waals surface area contributed by atoms with Crippen molar-refractivity contribution in [3.05, 3.63) is 12.4 Å². The van der Waals surface area contributed by atoms with Gasteiger partial charge in [-0.2, -0.15) is 0 Å². The molecule has 0 spiro atoms. The third-order valence-corrected chi connectivity index (χ3v) is 2.59. The minimum absolute atomic E-state index is 0.804. The SMILES string of the molecule is CNc1nnc(-c2nccn2C)s1. The molecule has 0 unspecified atom stereocenters. The van der Waals surface area contributed by atoms with Crippen molar-refractivity contribution >= 4 is 16.5 Å². The van der Waals surface area contributed by atoms with Crippen LogP contribution in [0, 0.1) is 0 Å². The normalized spacial score (nSPS) is 10.3. The first-order valence-electron chi connectivity index (χ1n) is 3.80. The van der Waals surface area contributed by atoms with E-state index in [0.717, 1.165) is 16.0 Å². The van der Waals surface area contributed by atoms with Crippen LogP contribution in [0.4, 0.5) is 5.13 Å². The first-order chi connectivity index (χ1) is 6.31. The molecule has 0 aromatic carbocycles. The Morgan fingerprint density at radius 1 is 1.46 bits per heavy atom. The summed E-state index contributed by atoms with van der Waals surface area (Å²) in [5.41, 5.74) is 0. The Bertz CT molecular complexity index is 404. The molecule has 0 fully saturated rings. The van der Waals surface area contributed by atoms with Gasteiger partial charge in [0, 0.05) is 26.5 Å². The minimum atomic E-state index is 0.804. The summed E-state index contributed by atoms with van der Waals surface area (Å²) in [5, 5.41) is 12.5. The van der Waals surface area contributed by atoms with E-state index in [1.807, 2.05) is 24.9 Å². The number of anilines is 1. The molecule has 0 radical (unpaired) electrons. The van der Waals surface area contributed by atoms with Crippen molar-refractivity contribution < 1.29 is 0 Å². The van der Waals surface area contributed by atoms with Gasteiger partial charge in [-0.15, -0.1) is 10.2 Å². The van der Waals surface area contributed by atoms with Crippen LogP contribution in [-0.2, 0) is 7.05 Å². The molecule has 1 N–H and O–H groups in total. The van der Waals surface area contributed by atoms with Crippen LogP contribution in [0.5, 0.6) is 0 Å². The summed E-state index contributed by atoms with van der Waals surface area (Å²) in [4.78, 5) is 4.18. The van der Waals surface area contributed by atoms with Crippen LogP contribution >= 0.6 is 11.3 Å². The first kappa shape index (κ1) is 8.18. The highest BCUT2D eigenvalue weighted by molar-refractivity contribution is 7.18. The number of hydrogen-bond donors (Lipinski definition) is 1. The summed E-state index contributed by atoms with van der Waals surface area (Å²) < 4.78 is 1.92. The number of rotatable bonds is 2. The van der Waals surface area contributed by atoms with Gasteiger partial charge in [0.2, 0.25) is 5.13 Å². The zero-order valence-electron chi connectivity index (χ0n) is 7.35. The number of hydrogen-bond acceptors (Lipinski definition) is 5. The third kappa shape index (κ3) is 1.40. The van der Waals surface area contributed by atoms with Gasteiger partial charge < -0.3 is 9.88 Å². The molecule has 0 saturated heterocycles. The van der Waals surface area contributed by atoms with Gasteiger partial charge in [-0.3, -0.25) is 0 Å². The van der Waals surface area contributed by atoms with Gasteiger partial charge in [0.1, 0.15) is 0 Å². The van der Waals surface area contributed by atoms with Crippen molar-refractivity contribution in [3.8, 4) is 10.8 Å². The molecule has 68 valence electrons. The first-order valence-corrected chi connectivity index (χ1v) is 4.62. The maximum absolute atomic E-state index is 4.18. The van der Waals surface area contributed by atoms with Crippen LogP contribution < -0.4 is 5.32 Å². The van der Waals surface area contributed by atoms with Gasteiger partial charge >= 0.3 is 0 Å². The van der Waals surface area contributed by atoms with Gasteiger partial charge in [-0.1, -0.05) is 11.3 Å². The Labute approximate surface area is 79.5 Å². The second-order valence-corrected chi connectivity index (χ2v) is 3.50. The van der Waals surface area contributed by atoms with E-state index in [-0.39, 0.29) is 0 Å². The second-order valence-electron chi connectivity index (χ2n) is 2.52. The summed E-state index contributed by atoms with van der Waals surface area (Å²) in [6, 6.07) is 0. The van der Waals surface area contributed by atoms with Crippen LogP contribution in [0.1, 0.15) is 0 Å². The molecule has 2 heterocycles. The second kappa shape index (κ2) is 3.14. The molecule has 0 aliphatic heterocycles. The molecule has 2 rings (SSSR count). The van der Waals surface area contributed by atoms with E-state index in [4.69, 9.17) is 0 Å². The molecule has 2 aromatic heterocycles. The Kier molecular flexibility index (Phi) is 1.97. The van der Waals surface area contributed by atoms with E-state index in [2.05, 4.69) is 20.5 Å². The van der Waals surface area contributed by atoms with E-state index >= 15 is 0 Å². The van der Waals surface area contributed by atoms with Gasteiger partial charge in [0.15, 0.2) is 10.8 Å². The lowest BCUT2D eigenvalue weighted by atomic mass is 10.6. The molecule has 0 amide bonds. The highest BCUT2D eigenvalue weighted by Gasteiger charge is 2.08. The lowest BCUT2D eigenvalue weighted by Crippen LogP contribution is -1.90. The zero-order chi connectivity index (χ0) is 9.26. The molecule has 0 saturated carbocycles. The smallest absolute Gasteiger partial charge is 0.205 e. The monoisotopic (exact) mass is 195 g/mol. The lowest BCUT2D eigenvalue weighted by Gasteiger charge is -1.93. The molecule has 0 bridgehead atoms. The van der Waals surface area contributed by atoms with E-state index in [9.17, 15) is 0 Å². The molecular formula is C7H9N5S. The van der Waals surface area contributed by atoms with Crippen molar-refractivity contribution in [1.29, 1.82) is 0 Å². The predicted molar refractivity (Wildman–Crippen MR) is 51.7 cm³/mol. The van der Waals surface area contributed by atoms with E-state index < -0.39 is 0 Å². The quantitative estimate of drug-likeness (QED) is 0.776. The number of aryl methyl sites for hydroxylation is 1. The summed E-state index contributed by atoms with van der Waals surface area (Å²) in [6.45, 7) is 0. The Morgan fingerprint density at radius 3 is 2.85 bits per heavy atom. The largest absolute Gasteiger partial charge is 0.363 e. The lowest BCUT2D eigenvalue weighted by molar-refractivity contribution is 0.916. The molecule has 0 aliphatic carbocycles. The molecule has 0 aliphatic rings. The maximum atomic E-state index is 4.18. The van der Waals surface area contributed by atoms with Gasteiger partial charge in [-0.25, -0.2) is 4.98 Å². The van der Waals surface area contributed by atoms with Crippen molar-refractivity contribution in [2.45, 2.75) is 0 Å². The molecule has 5 nitrogen and oxygen atoms in total. The molecule has 13 heavy (non-hydrogen) atoms. The number of imidazole rings is 1. The molecule has 0 atom stereocenters.